The molecular formula is C33H33Cl2N3O8. The van der Waals surface area contributed by atoms with E-state index in [1.165, 1.54) is 33.0 Å². The van der Waals surface area contributed by atoms with Crippen LogP contribution in [0.25, 0.3) is 27.6 Å². The van der Waals surface area contributed by atoms with E-state index in [4.69, 9.17) is 29.4 Å². The van der Waals surface area contributed by atoms with Gasteiger partial charge in [-0.1, -0.05) is 6.07 Å². The molecule has 0 unspecified atom stereocenters. The number of methoxy groups -OCH3 is 4. The molecule has 0 aliphatic carbocycles. The first-order valence-electron chi connectivity index (χ1n) is 13.5. The highest BCUT2D eigenvalue weighted by Gasteiger charge is 2.27. The van der Waals surface area contributed by atoms with Gasteiger partial charge in [0.25, 0.3) is 5.56 Å². The maximum Gasteiger partial charge on any atom is 0.355 e. The summed E-state index contributed by atoms with van der Waals surface area (Å²) in [5, 5.41) is 10.2. The van der Waals surface area contributed by atoms with Gasteiger partial charge in [-0.2, -0.15) is 0 Å². The Hall–Kier alpha value is -4.97. The van der Waals surface area contributed by atoms with Crippen LogP contribution in [0.15, 0.2) is 77.6 Å². The van der Waals surface area contributed by atoms with Gasteiger partial charge < -0.3 is 34.5 Å². The van der Waals surface area contributed by atoms with Gasteiger partial charge in [0, 0.05) is 16.9 Å². The van der Waals surface area contributed by atoms with Crippen LogP contribution in [0.2, 0.25) is 0 Å². The number of carbonyl (C=O) groups excluding carboxylic acids is 1. The van der Waals surface area contributed by atoms with E-state index < -0.39 is 11.5 Å². The average molecular weight is 671 g/mol. The van der Waals surface area contributed by atoms with Gasteiger partial charge in [-0.05, 0) is 77.7 Å². The van der Waals surface area contributed by atoms with Crippen molar-refractivity contribution in [2.45, 2.75) is 13.2 Å². The first-order chi connectivity index (χ1) is 21.3. The van der Waals surface area contributed by atoms with E-state index in [1.54, 1.807) is 72.8 Å². The van der Waals surface area contributed by atoms with Crippen molar-refractivity contribution >= 4 is 47.2 Å². The second-order valence-corrected chi connectivity index (χ2v) is 9.64. The van der Waals surface area contributed by atoms with Gasteiger partial charge in [0.15, 0.2) is 11.5 Å². The molecule has 0 saturated heterocycles. The number of fused-ring (bicyclic) bond motifs is 1. The normalized spacial score (nSPS) is 10.4. The van der Waals surface area contributed by atoms with Crippen LogP contribution in [0.1, 0.15) is 21.9 Å². The third-order valence-electron chi connectivity index (χ3n) is 7.05. The van der Waals surface area contributed by atoms with Crippen molar-refractivity contribution in [1.29, 1.82) is 0 Å². The molecule has 13 heteroatoms. The number of esters is 1. The van der Waals surface area contributed by atoms with Crippen LogP contribution in [0, 0.1) is 0 Å². The summed E-state index contributed by atoms with van der Waals surface area (Å²) in [6, 6.07) is 20.3. The fraction of sp³-hybridized carbons (Fsp3) is 0.182. The van der Waals surface area contributed by atoms with E-state index >= 15 is 0 Å². The minimum atomic E-state index is -0.736. The molecule has 46 heavy (non-hydrogen) atoms. The number of nitrogens with zero attached hydrogens (tertiary/aromatic N) is 2. The first-order valence-corrected chi connectivity index (χ1v) is 13.5. The van der Waals surface area contributed by atoms with E-state index in [1.807, 2.05) is 0 Å². The molecule has 0 bridgehead atoms. The van der Waals surface area contributed by atoms with Crippen LogP contribution in [-0.2, 0) is 18.0 Å². The lowest BCUT2D eigenvalue weighted by Gasteiger charge is -2.21. The molecule has 0 aliphatic heterocycles. The van der Waals surface area contributed by atoms with E-state index in [-0.39, 0.29) is 49.1 Å². The summed E-state index contributed by atoms with van der Waals surface area (Å²) in [5.74, 6) is 0.738. The molecule has 0 radical (unpaired) electrons. The zero-order valence-electron chi connectivity index (χ0n) is 25.4. The number of pyridine rings is 2. The topological polar surface area (TPSA) is 144 Å². The molecule has 11 nitrogen and oxygen atoms in total. The molecule has 2 aromatic heterocycles. The molecule has 0 spiro atoms. The third kappa shape index (κ3) is 6.81. The quantitative estimate of drug-likeness (QED) is 0.147. The molecule has 0 fully saturated rings. The minimum Gasteiger partial charge on any atom is -0.493 e. The van der Waals surface area contributed by atoms with Crippen molar-refractivity contribution in [2.24, 2.45) is 0 Å². The van der Waals surface area contributed by atoms with Crippen LogP contribution >= 0.6 is 24.8 Å². The number of carbonyl (C=O) groups is 1. The van der Waals surface area contributed by atoms with Gasteiger partial charge in [0.2, 0.25) is 5.75 Å². The lowest BCUT2D eigenvalue weighted by Crippen LogP contribution is -2.27. The Labute approximate surface area is 277 Å². The van der Waals surface area contributed by atoms with Gasteiger partial charge in [-0.15, -0.1) is 24.8 Å². The molecule has 5 rings (SSSR count). The summed E-state index contributed by atoms with van der Waals surface area (Å²) in [5.41, 5.74) is 8.35. The Balaban J connectivity index is 0.00000288. The lowest BCUT2D eigenvalue weighted by atomic mass is 9.95. The van der Waals surface area contributed by atoms with Crippen molar-refractivity contribution in [3.05, 3.63) is 100 Å². The van der Waals surface area contributed by atoms with E-state index in [9.17, 15) is 14.7 Å². The number of hydrogen-bond donors (Lipinski definition) is 2. The smallest absolute Gasteiger partial charge is 0.355 e. The van der Waals surface area contributed by atoms with Crippen LogP contribution in [-0.4, -0.2) is 49.1 Å². The van der Waals surface area contributed by atoms with Crippen molar-refractivity contribution in [1.82, 2.24) is 9.55 Å². The average Bonchev–Trinajstić information content (AvgIpc) is 3.06. The Morgan fingerprint density at radius 2 is 1.50 bits per heavy atom. The Morgan fingerprint density at radius 3 is 2.09 bits per heavy atom. The van der Waals surface area contributed by atoms with E-state index in [2.05, 4.69) is 4.98 Å². The van der Waals surface area contributed by atoms with E-state index in [0.717, 1.165) is 0 Å². The Bertz CT molecular complexity index is 1890. The van der Waals surface area contributed by atoms with Crippen LogP contribution in [0.5, 0.6) is 23.0 Å². The number of nitrogens with two attached hydrogens (primary N) is 1. The lowest BCUT2D eigenvalue weighted by molar-refractivity contribution is 0.0591. The summed E-state index contributed by atoms with van der Waals surface area (Å²) < 4.78 is 29.2. The molecule has 0 amide bonds. The highest BCUT2D eigenvalue weighted by atomic mass is 35.5. The van der Waals surface area contributed by atoms with Gasteiger partial charge >= 0.3 is 5.97 Å². The largest absolute Gasteiger partial charge is 0.493 e. The molecule has 0 saturated carbocycles. The van der Waals surface area contributed by atoms with Gasteiger partial charge in [0.1, 0.15) is 18.1 Å². The number of anilines is 1. The van der Waals surface area contributed by atoms with Crippen molar-refractivity contribution in [3.8, 4) is 39.8 Å². The fourth-order valence-electron chi connectivity index (χ4n) is 5.00. The summed E-state index contributed by atoms with van der Waals surface area (Å²) in [7, 11) is 5.72. The predicted octanol–water partition coefficient (Wildman–Crippen LogP) is 5.36. The summed E-state index contributed by atoms with van der Waals surface area (Å²) in [6.07, 6.45) is 0. The number of benzene rings is 3. The number of aliphatic hydroxyl groups excluding tert-OH is 1. The monoisotopic (exact) mass is 669 g/mol. The molecule has 242 valence electrons. The number of aromatic nitrogens is 2. The predicted molar refractivity (Wildman–Crippen MR) is 179 cm³/mol. The maximum absolute atomic E-state index is 14.3. The fourth-order valence-corrected chi connectivity index (χ4v) is 5.00. The molecular weight excluding hydrogens is 637 g/mol. The first kappa shape index (κ1) is 35.5. The van der Waals surface area contributed by atoms with Gasteiger partial charge in [-0.3, -0.25) is 14.3 Å². The van der Waals surface area contributed by atoms with Crippen molar-refractivity contribution in [2.75, 3.05) is 34.2 Å². The zero-order valence-corrected chi connectivity index (χ0v) is 27.1. The van der Waals surface area contributed by atoms with Gasteiger partial charge in [-0.25, -0.2) is 4.79 Å². The molecule has 3 aromatic carbocycles. The number of rotatable bonds is 10. The van der Waals surface area contributed by atoms with Crippen LogP contribution < -0.4 is 30.2 Å². The number of nitrogen functional groups attached to an aromatic ring is 1. The Morgan fingerprint density at radius 1 is 0.848 bits per heavy atom. The summed E-state index contributed by atoms with van der Waals surface area (Å²) >= 11 is 0. The second-order valence-electron chi connectivity index (χ2n) is 9.64. The van der Waals surface area contributed by atoms with Crippen molar-refractivity contribution < 1.29 is 33.6 Å². The molecule has 3 N–H and O–H groups in total. The van der Waals surface area contributed by atoms with Crippen LogP contribution in [0.4, 0.5) is 5.69 Å². The molecule has 0 aliphatic rings. The SMILES string of the molecule is COC(=O)c1c(-c2cc(OC)c(OC)c(OC)c2)c2ccc(OCc3cccc(CO)n3)cc2c(=O)n1-c1ccc(N)cc1.Cl.Cl. The van der Waals surface area contributed by atoms with Gasteiger partial charge in [0.05, 0.1) is 51.8 Å². The Kier molecular flexibility index (Phi) is 11.8. The number of aliphatic hydroxyl groups is 1. The maximum atomic E-state index is 14.3. The second kappa shape index (κ2) is 15.3. The molecule has 0 atom stereocenters. The van der Waals surface area contributed by atoms with Crippen molar-refractivity contribution in [3.63, 3.8) is 0 Å². The highest BCUT2D eigenvalue weighted by molar-refractivity contribution is 6.08. The highest BCUT2D eigenvalue weighted by Crippen LogP contribution is 2.44. The number of ether oxygens (including phenoxy) is 5. The summed E-state index contributed by atoms with van der Waals surface area (Å²) in [6.45, 7) is -0.0911. The van der Waals surface area contributed by atoms with Crippen LogP contribution in [0.3, 0.4) is 0 Å². The van der Waals surface area contributed by atoms with E-state index in [0.29, 0.717) is 62.3 Å². The third-order valence-corrected chi connectivity index (χ3v) is 7.05. The molecule has 5 aromatic rings. The number of halogens is 2. The minimum absolute atomic E-state index is 0. The molecule has 2 heterocycles. The summed E-state index contributed by atoms with van der Waals surface area (Å²) in [4.78, 5) is 32.1. The zero-order chi connectivity index (χ0) is 31.4. The number of hydrogen-bond acceptors (Lipinski definition) is 10. The standard InChI is InChI=1S/C33H31N3O8.2ClH/c1-40-27-14-19(15-28(41-2)31(27)42-3)29-25-13-12-24(44-18-22-7-5-6-21(17-37)35-22)16-26(25)32(38)36(30(29)33(39)43-4)23-10-8-20(34)9-11-23;;/h5-16,37H,17-18,34H2,1-4H3;2*1H.